The van der Waals surface area contributed by atoms with Crippen molar-refractivity contribution in [3.63, 3.8) is 0 Å². The van der Waals surface area contributed by atoms with E-state index in [1.807, 2.05) is 48.5 Å². The molecule has 31 heavy (non-hydrogen) atoms. The van der Waals surface area contributed by atoms with Crippen LogP contribution in [0.25, 0.3) is 0 Å². The Kier molecular flexibility index (Phi) is 19.3. The summed E-state index contributed by atoms with van der Waals surface area (Å²) in [5.41, 5.74) is 1.49. The van der Waals surface area contributed by atoms with Crippen LogP contribution in [0.3, 0.4) is 0 Å². The fourth-order valence-electron chi connectivity index (χ4n) is 1.89. The number of hydrogen-bond acceptors (Lipinski definition) is 8. The Labute approximate surface area is 183 Å². The van der Waals surface area contributed by atoms with Crippen LogP contribution < -0.4 is 0 Å². The third kappa shape index (κ3) is 18.5. The lowest BCUT2D eigenvalue weighted by Crippen LogP contribution is -2.27. The number of carbonyl (C=O) groups excluding carboxylic acids is 2. The van der Waals surface area contributed by atoms with Crippen molar-refractivity contribution in [3.05, 3.63) is 76.3 Å². The van der Waals surface area contributed by atoms with Gasteiger partial charge in [-0.3, -0.25) is 19.7 Å². The number of carbonyl (C=O) groups is 2. The zero-order chi connectivity index (χ0) is 24.1. The quantitative estimate of drug-likeness (QED) is 0.294. The fourth-order valence-corrected chi connectivity index (χ4v) is 1.89. The predicted molar refractivity (Wildman–Crippen MR) is 119 cm³/mol. The van der Waals surface area contributed by atoms with Gasteiger partial charge in [0.15, 0.2) is 24.7 Å². The van der Waals surface area contributed by atoms with Crippen LogP contribution in [0.15, 0.2) is 70.9 Å². The third-order valence-electron chi connectivity index (χ3n) is 2.96. The van der Waals surface area contributed by atoms with Crippen molar-refractivity contribution < 1.29 is 24.0 Å². The van der Waals surface area contributed by atoms with Gasteiger partial charge < -0.3 is 9.47 Å². The van der Waals surface area contributed by atoms with E-state index in [0.29, 0.717) is 5.69 Å². The summed E-state index contributed by atoms with van der Waals surface area (Å²) in [6, 6.07) is 17.3. The van der Waals surface area contributed by atoms with Crippen LogP contribution in [-0.2, 0) is 25.5 Å². The van der Waals surface area contributed by atoms with E-state index in [1.165, 1.54) is 6.92 Å². The first-order valence-corrected chi connectivity index (χ1v) is 9.14. The normalized spacial score (nSPS) is 10.3. The van der Waals surface area contributed by atoms with Crippen LogP contribution >= 0.6 is 0 Å². The highest BCUT2D eigenvalue weighted by atomic mass is 16.6. The molecule has 0 saturated carbocycles. The molecule has 0 bridgehead atoms. The number of rotatable bonds is 6. The topological polar surface area (TPSA) is 120 Å². The van der Waals surface area contributed by atoms with Crippen LogP contribution in [-0.4, -0.2) is 58.0 Å². The van der Waals surface area contributed by atoms with E-state index < -0.39 is 11.0 Å². The van der Waals surface area contributed by atoms with E-state index in [-0.39, 0.29) is 18.0 Å². The second-order valence-electron chi connectivity index (χ2n) is 5.95. The van der Waals surface area contributed by atoms with Gasteiger partial charge in [0.05, 0.1) is 5.69 Å². The van der Waals surface area contributed by atoms with Crippen molar-refractivity contribution >= 4 is 17.3 Å². The molecule has 9 heteroatoms. The molecule has 0 saturated heterocycles. The van der Waals surface area contributed by atoms with Crippen molar-refractivity contribution in [2.75, 3.05) is 35.5 Å². The highest BCUT2D eigenvalue weighted by Gasteiger charge is 2.22. The Balaban J connectivity index is 0. The number of azo groups is 1. The Morgan fingerprint density at radius 1 is 0.935 bits per heavy atom. The molecule has 0 amide bonds. The molecular formula is C22H31N3O6. The lowest BCUT2D eigenvalue weighted by Gasteiger charge is -2.06. The summed E-state index contributed by atoms with van der Waals surface area (Å²) < 4.78 is 8.50. The zero-order valence-electron chi connectivity index (χ0n) is 18.8. The molecule has 0 aromatic heterocycles. The Hall–Kier alpha value is -3.30. The number of ether oxygens (including phenoxy) is 2. The molecule has 2 rings (SSSR count). The van der Waals surface area contributed by atoms with Gasteiger partial charge in [-0.2, -0.15) is 10.2 Å². The molecular weight excluding hydrogens is 402 g/mol. The molecule has 0 heterocycles. The van der Waals surface area contributed by atoms with E-state index in [9.17, 15) is 9.59 Å². The Morgan fingerprint density at radius 2 is 1.32 bits per heavy atom. The second kappa shape index (κ2) is 20.0. The number of Topliss-reactive ketones (excluding diaryl/α,β-unsaturated/α-hetero) is 2. The summed E-state index contributed by atoms with van der Waals surface area (Å²) in [4.78, 5) is 32.1. The Morgan fingerprint density at radius 3 is 1.71 bits per heavy atom. The molecule has 1 unspecified atom stereocenters. The van der Waals surface area contributed by atoms with Crippen molar-refractivity contribution in [3.8, 4) is 0 Å². The predicted octanol–water partition coefficient (Wildman–Crippen LogP) is 3.96. The molecule has 0 aliphatic rings. The Bertz CT molecular complexity index is 761. The van der Waals surface area contributed by atoms with E-state index in [4.69, 9.17) is 10.1 Å². The average Bonchev–Trinajstić information content (AvgIpc) is 2.70. The lowest BCUT2D eigenvalue weighted by molar-refractivity contribution is -0.445. The molecule has 2 aromatic carbocycles. The maximum atomic E-state index is 12.2. The maximum absolute atomic E-state index is 12.2. The summed E-state index contributed by atoms with van der Waals surface area (Å²) in [6.45, 7) is 1.36. The van der Waals surface area contributed by atoms with Crippen molar-refractivity contribution in [2.24, 2.45) is 10.2 Å². The fraction of sp³-hybridized carbons (Fsp3) is 0.364. The highest BCUT2D eigenvalue weighted by molar-refractivity contribution is 6.06. The van der Waals surface area contributed by atoms with Gasteiger partial charge in [-0.25, -0.2) is 0 Å². The first kappa shape index (κ1) is 29.9. The number of benzene rings is 2. The van der Waals surface area contributed by atoms with E-state index in [1.54, 1.807) is 40.6 Å². The molecule has 0 radical (unpaired) electrons. The first-order valence-electron chi connectivity index (χ1n) is 9.14. The molecule has 0 aliphatic carbocycles. The molecule has 170 valence electrons. The van der Waals surface area contributed by atoms with E-state index in [2.05, 4.69) is 19.7 Å². The highest BCUT2D eigenvalue weighted by Crippen LogP contribution is 2.13. The van der Waals surface area contributed by atoms with Crippen molar-refractivity contribution in [2.45, 2.75) is 19.4 Å². The van der Waals surface area contributed by atoms with Crippen LogP contribution in [0.4, 0.5) is 5.69 Å². The molecule has 0 N–H and O–H groups in total. The van der Waals surface area contributed by atoms with Gasteiger partial charge in [0.2, 0.25) is 0 Å². The van der Waals surface area contributed by atoms with Crippen LogP contribution in [0.5, 0.6) is 0 Å². The monoisotopic (exact) mass is 433 g/mol. The van der Waals surface area contributed by atoms with Crippen molar-refractivity contribution in [1.29, 1.82) is 0 Å². The molecule has 0 aliphatic heterocycles. The van der Waals surface area contributed by atoms with Gasteiger partial charge in [0.25, 0.3) is 0 Å². The summed E-state index contributed by atoms with van der Waals surface area (Å²) >= 11 is 0. The minimum atomic E-state index is -1.04. The number of nitro groups is 1. The van der Waals surface area contributed by atoms with Crippen LogP contribution in [0, 0.1) is 10.1 Å². The van der Waals surface area contributed by atoms with Crippen LogP contribution in [0.1, 0.15) is 12.5 Å². The van der Waals surface area contributed by atoms with Gasteiger partial charge in [0, 0.05) is 39.8 Å². The number of hydrogen-bond donors (Lipinski definition) is 0. The average molecular weight is 434 g/mol. The summed E-state index contributed by atoms with van der Waals surface area (Å²) in [5, 5.41) is 16.7. The summed E-state index contributed by atoms with van der Waals surface area (Å²) in [5.74, 6) is -0.538. The van der Waals surface area contributed by atoms with E-state index >= 15 is 0 Å². The maximum Gasteiger partial charge on any atom is 0.194 e. The number of methoxy groups -OCH3 is 2. The SMILES string of the molecule is CC(=O)C(N=Nc1ccccc1)C(=O)Cc1ccccc1.COC.COC.C[N+](=O)[O-]. The zero-order valence-corrected chi connectivity index (χ0v) is 18.8. The second-order valence-corrected chi connectivity index (χ2v) is 5.95. The standard InChI is InChI=1S/C17H16N2O2.2C2H6O.CH3NO2/c1-13(20)17(19-18-15-10-6-3-7-11-15)16(21)12-14-8-4-2-5-9-14;2*1-3-2;1-2(3)4/h2-11,17H,12H2,1H3;2*1-2H3;1H3. The summed E-state index contributed by atoms with van der Waals surface area (Å²) in [7, 11) is 7.39. The van der Waals surface area contributed by atoms with Gasteiger partial charge in [-0.15, -0.1) is 0 Å². The molecule has 2 aromatic rings. The molecule has 0 fully saturated rings. The molecule has 0 spiro atoms. The van der Waals surface area contributed by atoms with Gasteiger partial charge in [-0.1, -0.05) is 48.5 Å². The number of ketones is 2. The van der Waals surface area contributed by atoms with Gasteiger partial charge in [-0.05, 0) is 24.6 Å². The van der Waals surface area contributed by atoms with E-state index in [0.717, 1.165) is 12.6 Å². The molecule has 9 nitrogen and oxygen atoms in total. The van der Waals surface area contributed by atoms with Crippen molar-refractivity contribution in [1.82, 2.24) is 0 Å². The molecule has 1 atom stereocenters. The van der Waals surface area contributed by atoms with Gasteiger partial charge in [0.1, 0.15) is 0 Å². The third-order valence-corrected chi connectivity index (χ3v) is 2.96. The first-order chi connectivity index (χ1) is 14.7. The lowest BCUT2D eigenvalue weighted by atomic mass is 10.0. The minimum absolute atomic E-state index is 0.179. The minimum Gasteiger partial charge on any atom is -0.388 e. The largest absolute Gasteiger partial charge is 0.388 e. The smallest absolute Gasteiger partial charge is 0.194 e. The van der Waals surface area contributed by atoms with Gasteiger partial charge >= 0.3 is 0 Å². The number of nitrogens with zero attached hydrogens (tertiary/aromatic N) is 3. The van der Waals surface area contributed by atoms with Crippen LogP contribution in [0.2, 0.25) is 0 Å². The summed E-state index contributed by atoms with van der Waals surface area (Å²) in [6.07, 6.45) is 0.179.